The van der Waals surface area contributed by atoms with Crippen LogP contribution in [0, 0.1) is 0 Å². The fraction of sp³-hybridized carbons (Fsp3) is 0.417. The maximum Gasteiger partial charge on any atom is 0.414 e. The van der Waals surface area contributed by atoms with Crippen molar-refractivity contribution in [3.63, 3.8) is 0 Å². The van der Waals surface area contributed by atoms with Crippen molar-refractivity contribution in [2.24, 2.45) is 0 Å². The molecule has 5 nitrogen and oxygen atoms in total. The van der Waals surface area contributed by atoms with Crippen LogP contribution in [0.3, 0.4) is 0 Å². The number of hydrogen-bond donors (Lipinski definition) is 0. The zero-order valence-electron chi connectivity index (χ0n) is 10.1. The maximum absolute atomic E-state index is 11.6. The van der Waals surface area contributed by atoms with Gasteiger partial charge in [0.2, 0.25) is 0 Å². The molecule has 17 heavy (non-hydrogen) atoms. The Balaban J connectivity index is 2.42. The van der Waals surface area contributed by atoms with Gasteiger partial charge in [0, 0.05) is 12.6 Å². The Hall–Kier alpha value is -1.91. The molecule has 2 rings (SSSR count). The highest BCUT2D eigenvalue weighted by Crippen LogP contribution is 2.38. The summed E-state index contributed by atoms with van der Waals surface area (Å²) < 4.78 is 15.2. The highest BCUT2D eigenvalue weighted by molar-refractivity contribution is 5.91. The minimum absolute atomic E-state index is 0.351. The summed E-state index contributed by atoms with van der Waals surface area (Å²) in [6.07, 6.45) is 0.445. The first-order valence-corrected chi connectivity index (χ1v) is 5.31. The third kappa shape index (κ3) is 1.88. The van der Waals surface area contributed by atoms with Gasteiger partial charge in [0.1, 0.15) is 0 Å². The van der Waals surface area contributed by atoms with Gasteiger partial charge >= 0.3 is 6.09 Å². The van der Waals surface area contributed by atoms with E-state index in [1.807, 2.05) is 6.07 Å². The maximum atomic E-state index is 11.6. The van der Waals surface area contributed by atoms with E-state index >= 15 is 0 Å². The molecule has 0 atom stereocenters. The Morgan fingerprint density at radius 2 is 1.82 bits per heavy atom. The largest absolute Gasteiger partial charge is 0.493 e. The predicted octanol–water partition coefficient (Wildman–Crippen LogP) is 1.83. The number of hydrogen-bond acceptors (Lipinski definition) is 4. The second kappa shape index (κ2) is 4.53. The predicted molar refractivity (Wildman–Crippen MR) is 63.0 cm³/mol. The van der Waals surface area contributed by atoms with Gasteiger partial charge in [-0.1, -0.05) is 0 Å². The Labute approximate surface area is 99.9 Å². The topological polar surface area (TPSA) is 48.0 Å². The quantitative estimate of drug-likeness (QED) is 0.787. The van der Waals surface area contributed by atoms with Gasteiger partial charge in [0.15, 0.2) is 11.5 Å². The monoisotopic (exact) mass is 237 g/mol. The van der Waals surface area contributed by atoms with Crippen LogP contribution in [-0.2, 0) is 11.2 Å². The van der Waals surface area contributed by atoms with Crippen LogP contribution in [0.25, 0.3) is 0 Å². The van der Waals surface area contributed by atoms with E-state index in [0.717, 1.165) is 17.7 Å². The van der Waals surface area contributed by atoms with Crippen LogP contribution >= 0.6 is 0 Å². The summed E-state index contributed by atoms with van der Waals surface area (Å²) in [5, 5.41) is 0. The highest BCUT2D eigenvalue weighted by atomic mass is 16.5. The van der Waals surface area contributed by atoms with Crippen molar-refractivity contribution in [1.29, 1.82) is 0 Å². The smallest absolute Gasteiger partial charge is 0.414 e. The normalized spacial score (nSPS) is 13.2. The standard InChI is InChI=1S/C12H15NO4/c1-15-10-6-8-4-5-13(12(14)17-3)9(8)7-11(10)16-2/h6-7H,4-5H2,1-3H3. The average Bonchev–Trinajstić information content (AvgIpc) is 2.78. The molecule has 0 aliphatic carbocycles. The molecule has 1 amide bonds. The molecule has 0 fully saturated rings. The first-order valence-electron chi connectivity index (χ1n) is 5.31. The van der Waals surface area contributed by atoms with Crippen LogP contribution in [0.1, 0.15) is 5.56 Å². The lowest BCUT2D eigenvalue weighted by atomic mass is 10.1. The number of carbonyl (C=O) groups excluding carboxylic acids is 1. The summed E-state index contributed by atoms with van der Waals surface area (Å²) in [5.41, 5.74) is 1.89. The Morgan fingerprint density at radius 3 is 2.41 bits per heavy atom. The minimum Gasteiger partial charge on any atom is -0.493 e. The van der Waals surface area contributed by atoms with Crippen LogP contribution in [0.2, 0.25) is 0 Å². The highest BCUT2D eigenvalue weighted by Gasteiger charge is 2.27. The van der Waals surface area contributed by atoms with Crippen molar-refractivity contribution in [1.82, 2.24) is 0 Å². The number of benzene rings is 1. The van der Waals surface area contributed by atoms with Crippen molar-refractivity contribution in [2.45, 2.75) is 6.42 Å². The van der Waals surface area contributed by atoms with E-state index in [2.05, 4.69) is 0 Å². The second-order valence-corrected chi connectivity index (χ2v) is 3.71. The van der Waals surface area contributed by atoms with Crippen molar-refractivity contribution in [2.75, 3.05) is 32.8 Å². The molecule has 1 aliphatic heterocycles. The van der Waals surface area contributed by atoms with Crippen molar-refractivity contribution < 1.29 is 19.0 Å². The molecule has 5 heteroatoms. The van der Waals surface area contributed by atoms with E-state index in [1.165, 1.54) is 7.11 Å². The molecular weight excluding hydrogens is 222 g/mol. The molecule has 0 spiro atoms. The molecule has 0 saturated heterocycles. The third-order valence-electron chi connectivity index (χ3n) is 2.88. The lowest BCUT2D eigenvalue weighted by Gasteiger charge is -2.17. The van der Waals surface area contributed by atoms with Gasteiger partial charge in [0.25, 0.3) is 0 Å². The molecule has 1 heterocycles. The van der Waals surface area contributed by atoms with Crippen LogP contribution in [0.4, 0.5) is 10.5 Å². The second-order valence-electron chi connectivity index (χ2n) is 3.71. The van der Waals surface area contributed by atoms with Gasteiger partial charge in [-0.15, -0.1) is 0 Å². The fourth-order valence-electron chi connectivity index (χ4n) is 2.01. The van der Waals surface area contributed by atoms with Crippen LogP contribution in [0.15, 0.2) is 12.1 Å². The molecule has 1 aromatic rings. The Morgan fingerprint density at radius 1 is 1.18 bits per heavy atom. The zero-order valence-corrected chi connectivity index (χ0v) is 10.1. The molecule has 0 unspecified atom stereocenters. The molecule has 0 bridgehead atoms. The van der Waals surface area contributed by atoms with Crippen molar-refractivity contribution >= 4 is 11.8 Å². The number of ether oxygens (including phenoxy) is 3. The lowest BCUT2D eigenvalue weighted by Crippen LogP contribution is -2.28. The van der Waals surface area contributed by atoms with Gasteiger partial charge in [-0.2, -0.15) is 0 Å². The van der Waals surface area contributed by atoms with Gasteiger partial charge in [-0.3, -0.25) is 4.90 Å². The summed E-state index contributed by atoms with van der Waals surface area (Å²) in [6.45, 7) is 0.623. The summed E-state index contributed by atoms with van der Waals surface area (Å²) in [4.78, 5) is 13.2. The SMILES string of the molecule is COC(=O)N1CCc2cc(OC)c(OC)cc21. The van der Waals surface area contributed by atoms with E-state index in [4.69, 9.17) is 14.2 Å². The van der Waals surface area contributed by atoms with E-state index in [-0.39, 0.29) is 6.09 Å². The van der Waals surface area contributed by atoms with Crippen LogP contribution < -0.4 is 14.4 Å². The minimum atomic E-state index is -0.351. The molecule has 0 radical (unpaired) electrons. The first kappa shape index (κ1) is 11.6. The van der Waals surface area contributed by atoms with E-state index in [1.54, 1.807) is 25.2 Å². The summed E-state index contributed by atoms with van der Waals surface area (Å²) in [7, 11) is 4.54. The number of carbonyl (C=O) groups is 1. The molecule has 92 valence electrons. The van der Waals surface area contributed by atoms with E-state index < -0.39 is 0 Å². The summed E-state index contributed by atoms with van der Waals surface area (Å²) in [5.74, 6) is 1.29. The van der Waals surface area contributed by atoms with Crippen LogP contribution in [-0.4, -0.2) is 34.0 Å². The van der Waals surface area contributed by atoms with Crippen LogP contribution in [0.5, 0.6) is 11.5 Å². The molecule has 1 aliphatic rings. The number of nitrogens with zero attached hydrogens (tertiary/aromatic N) is 1. The lowest BCUT2D eigenvalue weighted by molar-refractivity contribution is 0.179. The number of rotatable bonds is 2. The third-order valence-corrected chi connectivity index (χ3v) is 2.88. The zero-order chi connectivity index (χ0) is 12.4. The van der Waals surface area contributed by atoms with E-state index in [0.29, 0.717) is 18.0 Å². The Bertz CT molecular complexity index is 444. The van der Waals surface area contributed by atoms with E-state index in [9.17, 15) is 4.79 Å². The molecule has 0 aromatic heterocycles. The molecular formula is C12H15NO4. The number of methoxy groups -OCH3 is 3. The van der Waals surface area contributed by atoms with Gasteiger partial charge in [-0.25, -0.2) is 4.79 Å². The average molecular weight is 237 g/mol. The fourth-order valence-corrected chi connectivity index (χ4v) is 2.01. The number of fused-ring (bicyclic) bond motifs is 1. The number of anilines is 1. The first-order chi connectivity index (χ1) is 8.21. The molecule has 0 saturated carbocycles. The van der Waals surface area contributed by atoms with Gasteiger partial charge in [-0.05, 0) is 18.1 Å². The van der Waals surface area contributed by atoms with Gasteiger partial charge < -0.3 is 14.2 Å². The number of amides is 1. The van der Waals surface area contributed by atoms with Crippen molar-refractivity contribution in [3.05, 3.63) is 17.7 Å². The Kier molecular flexibility index (Phi) is 3.08. The molecule has 0 N–H and O–H groups in total. The van der Waals surface area contributed by atoms with Crippen molar-refractivity contribution in [3.8, 4) is 11.5 Å². The molecule has 1 aromatic carbocycles. The van der Waals surface area contributed by atoms with Gasteiger partial charge in [0.05, 0.1) is 27.0 Å². The summed E-state index contributed by atoms with van der Waals surface area (Å²) in [6, 6.07) is 3.70. The summed E-state index contributed by atoms with van der Waals surface area (Å²) >= 11 is 0.